The minimum Gasteiger partial charge on any atom is -0.326 e. The van der Waals surface area contributed by atoms with Gasteiger partial charge in [-0.25, -0.2) is 0 Å². The van der Waals surface area contributed by atoms with Crippen molar-refractivity contribution >= 4 is 50.1 Å². The number of hydrogen-bond acceptors (Lipinski definition) is 5. The van der Waals surface area contributed by atoms with Gasteiger partial charge >= 0.3 is 0 Å². The van der Waals surface area contributed by atoms with Gasteiger partial charge in [0.25, 0.3) is 10.0 Å². The molecule has 0 bridgehead atoms. The molecule has 9 heteroatoms. The van der Waals surface area contributed by atoms with E-state index in [1.54, 1.807) is 48.5 Å². The van der Waals surface area contributed by atoms with E-state index >= 15 is 0 Å². The summed E-state index contributed by atoms with van der Waals surface area (Å²) in [6.07, 6.45) is 0.665. The zero-order valence-electron chi connectivity index (χ0n) is 19.3. The van der Waals surface area contributed by atoms with Gasteiger partial charge < -0.3 is 5.32 Å². The summed E-state index contributed by atoms with van der Waals surface area (Å²) in [5.41, 5.74) is 3.06. The summed E-state index contributed by atoms with van der Waals surface area (Å²) in [5, 5.41) is 2.04. The van der Waals surface area contributed by atoms with E-state index in [0.717, 1.165) is 29.3 Å². The lowest BCUT2D eigenvalue weighted by Crippen LogP contribution is -2.33. The smallest absolute Gasteiger partial charge is 0.284 e. The number of sulfonamides is 1. The maximum absolute atomic E-state index is 13.3. The molecule has 4 rings (SSSR count). The van der Waals surface area contributed by atoms with E-state index in [2.05, 4.69) is 9.71 Å². The number of nitrogens with zero attached hydrogens (tertiary/aromatic N) is 2. The average molecular weight is 508 g/mol. The molecule has 180 valence electrons. The summed E-state index contributed by atoms with van der Waals surface area (Å²) >= 11 is 0.980. The third-order valence-corrected chi connectivity index (χ3v) is 8.10. The van der Waals surface area contributed by atoms with E-state index in [9.17, 15) is 18.0 Å². The van der Waals surface area contributed by atoms with Crippen LogP contribution in [0, 0.1) is 6.92 Å². The van der Waals surface area contributed by atoms with Gasteiger partial charge in [-0.3, -0.25) is 14.5 Å². The lowest BCUT2D eigenvalue weighted by atomic mass is 10.2. The summed E-state index contributed by atoms with van der Waals surface area (Å²) in [5.74, 6) is -0.728. The monoisotopic (exact) mass is 507 g/mol. The number of benzene rings is 3. The van der Waals surface area contributed by atoms with Gasteiger partial charge in [0.2, 0.25) is 11.8 Å². The molecule has 1 N–H and O–H groups in total. The summed E-state index contributed by atoms with van der Waals surface area (Å²) in [7, 11) is -4.07. The molecule has 0 aromatic heterocycles. The molecule has 0 saturated carbocycles. The largest absolute Gasteiger partial charge is 0.326 e. The summed E-state index contributed by atoms with van der Waals surface area (Å²) in [4.78, 5) is 27.4. The standard InChI is InChI=1S/C26H25N3O4S2/c1-3-19-13-15-21(16-14-19)35(32,33)28-26-29(20-10-5-4-6-11-20)25(31)23(34-26)17-24(30)27-22-12-8-7-9-18(22)2/h4-16,23H,3,17H2,1-2H3,(H,27,30)/b28-26+. The molecular weight excluding hydrogens is 482 g/mol. The minimum absolute atomic E-state index is 0.0226. The van der Waals surface area contributed by atoms with Crippen molar-refractivity contribution in [1.82, 2.24) is 0 Å². The molecule has 0 spiro atoms. The highest BCUT2D eigenvalue weighted by Crippen LogP contribution is 2.35. The molecule has 1 aliphatic rings. The van der Waals surface area contributed by atoms with Crippen molar-refractivity contribution in [2.24, 2.45) is 4.40 Å². The number of rotatable bonds is 7. The predicted molar refractivity (Wildman–Crippen MR) is 140 cm³/mol. The number of aryl methyl sites for hydroxylation is 2. The maximum atomic E-state index is 13.3. The van der Waals surface area contributed by atoms with Gasteiger partial charge in [-0.05, 0) is 54.8 Å². The fourth-order valence-electron chi connectivity index (χ4n) is 3.61. The Kier molecular flexibility index (Phi) is 7.37. The van der Waals surface area contributed by atoms with E-state index in [1.165, 1.54) is 17.0 Å². The summed E-state index contributed by atoms with van der Waals surface area (Å²) in [6.45, 7) is 3.86. The summed E-state index contributed by atoms with van der Waals surface area (Å²) in [6, 6.07) is 22.6. The van der Waals surface area contributed by atoms with Crippen LogP contribution in [0.4, 0.5) is 11.4 Å². The Labute approximate surface area is 209 Å². The molecular formula is C26H25N3O4S2. The molecule has 2 amide bonds. The van der Waals surface area contributed by atoms with Crippen LogP contribution in [0.1, 0.15) is 24.5 Å². The van der Waals surface area contributed by atoms with Crippen LogP contribution in [-0.4, -0.2) is 30.6 Å². The van der Waals surface area contributed by atoms with Crippen molar-refractivity contribution in [2.75, 3.05) is 10.2 Å². The van der Waals surface area contributed by atoms with Gasteiger partial charge in [0, 0.05) is 12.1 Å². The van der Waals surface area contributed by atoms with E-state index < -0.39 is 21.2 Å². The zero-order valence-corrected chi connectivity index (χ0v) is 21.0. The second-order valence-corrected chi connectivity index (χ2v) is 10.8. The topological polar surface area (TPSA) is 95.9 Å². The Morgan fingerprint density at radius 3 is 2.31 bits per heavy atom. The third kappa shape index (κ3) is 5.63. The first-order chi connectivity index (χ1) is 16.8. The van der Waals surface area contributed by atoms with Crippen molar-refractivity contribution in [3.8, 4) is 0 Å². The number of carbonyl (C=O) groups excluding carboxylic acids is 2. The Morgan fingerprint density at radius 1 is 1.00 bits per heavy atom. The summed E-state index contributed by atoms with van der Waals surface area (Å²) < 4.78 is 30.1. The van der Waals surface area contributed by atoms with Crippen LogP contribution in [0.15, 0.2) is 88.2 Å². The van der Waals surface area contributed by atoms with Crippen LogP contribution < -0.4 is 10.2 Å². The maximum Gasteiger partial charge on any atom is 0.284 e. The number of hydrogen-bond donors (Lipinski definition) is 1. The highest BCUT2D eigenvalue weighted by Gasteiger charge is 2.41. The number of para-hydroxylation sites is 2. The van der Waals surface area contributed by atoms with Crippen LogP contribution >= 0.6 is 11.8 Å². The van der Waals surface area contributed by atoms with Crippen LogP contribution in [0.25, 0.3) is 0 Å². The van der Waals surface area contributed by atoms with E-state index in [0.29, 0.717) is 11.4 Å². The van der Waals surface area contributed by atoms with Crippen molar-refractivity contribution in [1.29, 1.82) is 0 Å². The fraction of sp³-hybridized carbons (Fsp3) is 0.192. The highest BCUT2D eigenvalue weighted by molar-refractivity contribution is 8.16. The fourth-order valence-corrected chi connectivity index (χ4v) is 5.95. The number of thioether (sulfide) groups is 1. The lowest BCUT2D eigenvalue weighted by Gasteiger charge is -2.16. The van der Waals surface area contributed by atoms with Gasteiger partial charge in [0.1, 0.15) is 5.25 Å². The van der Waals surface area contributed by atoms with Crippen LogP contribution in [-0.2, 0) is 26.0 Å². The van der Waals surface area contributed by atoms with Crippen molar-refractivity contribution in [2.45, 2.75) is 36.8 Å². The lowest BCUT2D eigenvalue weighted by molar-refractivity contribution is -0.121. The van der Waals surface area contributed by atoms with Crippen molar-refractivity contribution in [3.05, 3.63) is 90.0 Å². The molecule has 0 aliphatic carbocycles. The van der Waals surface area contributed by atoms with Crippen LogP contribution in [0.5, 0.6) is 0 Å². The number of anilines is 2. The Bertz CT molecular complexity index is 1370. The number of carbonyl (C=O) groups is 2. The van der Waals surface area contributed by atoms with E-state index in [1.807, 2.05) is 32.0 Å². The van der Waals surface area contributed by atoms with E-state index in [-0.39, 0.29) is 22.4 Å². The quantitative estimate of drug-likeness (QED) is 0.497. The van der Waals surface area contributed by atoms with Gasteiger partial charge in [0.05, 0.1) is 10.6 Å². The molecule has 1 aliphatic heterocycles. The van der Waals surface area contributed by atoms with Gasteiger partial charge in [-0.2, -0.15) is 8.42 Å². The molecule has 3 aromatic carbocycles. The zero-order chi connectivity index (χ0) is 25.0. The Morgan fingerprint density at radius 2 is 1.66 bits per heavy atom. The van der Waals surface area contributed by atoms with Crippen LogP contribution in [0.2, 0.25) is 0 Å². The molecule has 1 atom stereocenters. The molecule has 1 saturated heterocycles. The molecule has 3 aromatic rings. The molecule has 1 unspecified atom stereocenters. The Hall–Kier alpha value is -3.43. The van der Waals surface area contributed by atoms with E-state index in [4.69, 9.17) is 0 Å². The number of amides is 2. The van der Waals surface area contributed by atoms with Gasteiger partial charge in [-0.1, -0.05) is 67.2 Å². The first kappa shape index (κ1) is 24.7. The molecule has 7 nitrogen and oxygen atoms in total. The highest BCUT2D eigenvalue weighted by atomic mass is 32.2. The normalized spacial score (nSPS) is 17.1. The predicted octanol–water partition coefficient (Wildman–Crippen LogP) is 4.78. The Balaban J connectivity index is 1.62. The van der Waals surface area contributed by atoms with Crippen molar-refractivity contribution < 1.29 is 18.0 Å². The second kappa shape index (κ2) is 10.5. The molecule has 1 fully saturated rings. The number of nitrogens with one attached hydrogen (secondary N) is 1. The number of amidine groups is 1. The SMILES string of the molecule is CCc1ccc(S(=O)(=O)/N=C2/SC(CC(=O)Nc3ccccc3C)C(=O)N2c2ccccc2)cc1. The third-order valence-electron chi connectivity index (χ3n) is 5.57. The molecule has 1 heterocycles. The van der Waals surface area contributed by atoms with Gasteiger partial charge in [-0.15, -0.1) is 4.40 Å². The second-order valence-electron chi connectivity index (χ2n) is 8.03. The first-order valence-electron chi connectivity index (χ1n) is 11.1. The van der Waals surface area contributed by atoms with Crippen LogP contribution in [0.3, 0.4) is 0 Å². The van der Waals surface area contributed by atoms with Gasteiger partial charge in [0.15, 0.2) is 5.17 Å². The average Bonchev–Trinajstić information content (AvgIpc) is 3.14. The molecule has 35 heavy (non-hydrogen) atoms. The van der Waals surface area contributed by atoms with Crippen molar-refractivity contribution in [3.63, 3.8) is 0 Å². The first-order valence-corrected chi connectivity index (χ1v) is 13.5. The minimum atomic E-state index is -4.07. The molecule has 0 radical (unpaired) electrons.